The highest BCUT2D eigenvalue weighted by Crippen LogP contribution is 2.27. The third-order valence-electron chi connectivity index (χ3n) is 2.28. The Hall–Kier alpha value is -0.350. The largest absolute Gasteiger partial charge is 0.311 e. The molecule has 0 atom stereocenters. The molecule has 2 rings (SSSR count). The van der Waals surface area contributed by atoms with Crippen molar-refractivity contribution in [2.45, 2.75) is 19.4 Å². The lowest BCUT2D eigenvalue weighted by Crippen LogP contribution is -2.16. The number of halogens is 1. The standard InChI is InChI=1S/C9H14BrN3/c1-13-6-8(10)9(12-13)5-11-4-7-2-3-7/h6-7,11H,2-5H2,1H3. The molecule has 0 aromatic carbocycles. The highest BCUT2D eigenvalue weighted by molar-refractivity contribution is 9.10. The number of nitrogens with one attached hydrogen (secondary N) is 1. The molecule has 0 amide bonds. The van der Waals surface area contributed by atoms with Gasteiger partial charge in [0.15, 0.2) is 0 Å². The van der Waals surface area contributed by atoms with Crippen molar-refractivity contribution in [3.63, 3.8) is 0 Å². The topological polar surface area (TPSA) is 29.9 Å². The van der Waals surface area contributed by atoms with Crippen LogP contribution >= 0.6 is 15.9 Å². The molecule has 1 aliphatic carbocycles. The zero-order chi connectivity index (χ0) is 9.26. The van der Waals surface area contributed by atoms with Crippen molar-refractivity contribution in [2.75, 3.05) is 6.54 Å². The Morgan fingerprint density at radius 3 is 3.00 bits per heavy atom. The van der Waals surface area contributed by atoms with Crippen molar-refractivity contribution in [2.24, 2.45) is 13.0 Å². The summed E-state index contributed by atoms with van der Waals surface area (Å²) < 4.78 is 2.93. The van der Waals surface area contributed by atoms with E-state index in [9.17, 15) is 0 Å². The van der Waals surface area contributed by atoms with Crippen molar-refractivity contribution >= 4 is 15.9 Å². The number of rotatable bonds is 4. The highest BCUT2D eigenvalue weighted by atomic mass is 79.9. The third-order valence-corrected chi connectivity index (χ3v) is 2.94. The minimum atomic E-state index is 0.873. The Balaban J connectivity index is 1.81. The van der Waals surface area contributed by atoms with Gasteiger partial charge in [0.25, 0.3) is 0 Å². The van der Waals surface area contributed by atoms with E-state index in [0.717, 1.165) is 29.2 Å². The van der Waals surface area contributed by atoms with Gasteiger partial charge in [0, 0.05) is 19.8 Å². The lowest BCUT2D eigenvalue weighted by molar-refractivity contribution is 0.618. The Labute approximate surface area is 86.6 Å². The van der Waals surface area contributed by atoms with E-state index in [1.54, 1.807) is 0 Å². The fourth-order valence-corrected chi connectivity index (χ4v) is 1.86. The molecule has 0 aliphatic heterocycles. The van der Waals surface area contributed by atoms with E-state index in [2.05, 4.69) is 26.3 Å². The van der Waals surface area contributed by atoms with Crippen molar-refractivity contribution in [3.05, 3.63) is 16.4 Å². The SMILES string of the molecule is Cn1cc(Br)c(CNCC2CC2)n1. The van der Waals surface area contributed by atoms with Gasteiger partial charge in [-0.1, -0.05) is 0 Å². The smallest absolute Gasteiger partial charge is 0.0904 e. The predicted octanol–water partition coefficient (Wildman–Crippen LogP) is 1.68. The Kier molecular flexibility index (Phi) is 2.69. The van der Waals surface area contributed by atoms with E-state index in [-0.39, 0.29) is 0 Å². The molecular weight excluding hydrogens is 230 g/mol. The van der Waals surface area contributed by atoms with E-state index in [0.29, 0.717) is 0 Å². The number of aryl methyl sites for hydroxylation is 1. The molecule has 0 saturated heterocycles. The van der Waals surface area contributed by atoms with Crippen LogP contribution in [0.1, 0.15) is 18.5 Å². The van der Waals surface area contributed by atoms with Crippen LogP contribution in [0.4, 0.5) is 0 Å². The molecule has 1 saturated carbocycles. The molecule has 3 nitrogen and oxygen atoms in total. The molecule has 1 N–H and O–H groups in total. The van der Waals surface area contributed by atoms with Crippen LogP contribution in [0.3, 0.4) is 0 Å². The summed E-state index contributed by atoms with van der Waals surface area (Å²) in [6.45, 7) is 2.01. The summed E-state index contributed by atoms with van der Waals surface area (Å²) in [6, 6.07) is 0. The maximum absolute atomic E-state index is 4.33. The molecular formula is C9H14BrN3. The van der Waals surface area contributed by atoms with Gasteiger partial charge in [0.05, 0.1) is 10.2 Å². The van der Waals surface area contributed by atoms with E-state index < -0.39 is 0 Å². The molecule has 0 bridgehead atoms. The van der Waals surface area contributed by atoms with Gasteiger partial charge in [0.2, 0.25) is 0 Å². The van der Waals surface area contributed by atoms with Crippen LogP contribution in [0.25, 0.3) is 0 Å². The van der Waals surface area contributed by atoms with Crippen molar-refractivity contribution in [1.29, 1.82) is 0 Å². The van der Waals surface area contributed by atoms with Gasteiger partial charge < -0.3 is 5.32 Å². The minimum Gasteiger partial charge on any atom is -0.311 e. The Bertz CT molecular complexity index is 291. The van der Waals surface area contributed by atoms with Crippen molar-refractivity contribution in [3.8, 4) is 0 Å². The molecule has 72 valence electrons. The van der Waals surface area contributed by atoms with Crippen LogP contribution in [-0.4, -0.2) is 16.3 Å². The maximum atomic E-state index is 4.33. The zero-order valence-electron chi connectivity index (χ0n) is 7.76. The van der Waals surface area contributed by atoms with E-state index >= 15 is 0 Å². The average Bonchev–Trinajstić information content (AvgIpc) is 2.81. The molecule has 4 heteroatoms. The summed E-state index contributed by atoms with van der Waals surface area (Å²) in [5.74, 6) is 0.933. The van der Waals surface area contributed by atoms with Crippen LogP contribution < -0.4 is 5.32 Å². The number of hydrogen-bond donors (Lipinski definition) is 1. The number of hydrogen-bond acceptors (Lipinski definition) is 2. The Morgan fingerprint density at radius 2 is 2.46 bits per heavy atom. The van der Waals surface area contributed by atoms with Gasteiger partial charge in [0.1, 0.15) is 0 Å². The molecule has 0 spiro atoms. The molecule has 1 aliphatic rings. The minimum absolute atomic E-state index is 0.873. The summed E-state index contributed by atoms with van der Waals surface area (Å²) in [5.41, 5.74) is 1.10. The monoisotopic (exact) mass is 243 g/mol. The molecule has 0 unspecified atom stereocenters. The lowest BCUT2D eigenvalue weighted by Gasteiger charge is -2.00. The van der Waals surface area contributed by atoms with Gasteiger partial charge in [-0.05, 0) is 41.2 Å². The molecule has 13 heavy (non-hydrogen) atoms. The first-order valence-electron chi connectivity index (χ1n) is 4.64. The van der Waals surface area contributed by atoms with Gasteiger partial charge >= 0.3 is 0 Å². The second kappa shape index (κ2) is 3.80. The summed E-state index contributed by atoms with van der Waals surface area (Å²) in [7, 11) is 1.94. The van der Waals surface area contributed by atoms with Gasteiger partial charge in [-0.25, -0.2) is 0 Å². The zero-order valence-corrected chi connectivity index (χ0v) is 9.34. The summed E-state index contributed by atoms with van der Waals surface area (Å²) in [6.07, 6.45) is 4.78. The molecule has 1 fully saturated rings. The van der Waals surface area contributed by atoms with Gasteiger partial charge in [-0.3, -0.25) is 4.68 Å². The molecule has 0 radical (unpaired) electrons. The van der Waals surface area contributed by atoms with Crippen LogP contribution in [-0.2, 0) is 13.6 Å². The highest BCUT2D eigenvalue weighted by Gasteiger charge is 2.20. The van der Waals surface area contributed by atoms with Crippen molar-refractivity contribution < 1.29 is 0 Å². The quantitative estimate of drug-likeness (QED) is 0.873. The number of aromatic nitrogens is 2. The van der Waals surface area contributed by atoms with Crippen LogP contribution in [0.5, 0.6) is 0 Å². The first kappa shape index (κ1) is 9.21. The van der Waals surface area contributed by atoms with Crippen molar-refractivity contribution in [1.82, 2.24) is 15.1 Å². The molecule has 1 aromatic heterocycles. The lowest BCUT2D eigenvalue weighted by atomic mass is 10.4. The second-order valence-electron chi connectivity index (χ2n) is 3.67. The van der Waals surface area contributed by atoms with Gasteiger partial charge in [-0.2, -0.15) is 5.10 Å². The normalized spacial score (nSPS) is 16.5. The fourth-order valence-electron chi connectivity index (χ4n) is 1.34. The van der Waals surface area contributed by atoms with Crippen LogP contribution in [0, 0.1) is 5.92 Å². The first-order valence-corrected chi connectivity index (χ1v) is 5.44. The molecule has 1 aromatic rings. The average molecular weight is 244 g/mol. The third kappa shape index (κ3) is 2.54. The first-order chi connectivity index (χ1) is 6.25. The van der Waals surface area contributed by atoms with E-state index in [1.807, 2.05) is 17.9 Å². The van der Waals surface area contributed by atoms with Gasteiger partial charge in [-0.15, -0.1) is 0 Å². The second-order valence-corrected chi connectivity index (χ2v) is 4.53. The van der Waals surface area contributed by atoms with E-state index in [4.69, 9.17) is 0 Å². The van der Waals surface area contributed by atoms with Crippen LogP contribution in [0.2, 0.25) is 0 Å². The molecule has 1 heterocycles. The number of nitrogens with zero attached hydrogens (tertiary/aromatic N) is 2. The van der Waals surface area contributed by atoms with E-state index in [1.165, 1.54) is 12.8 Å². The maximum Gasteiger partial charge on any atom is 0.0904 e. The summed E-state index contributed by atoms with van der Waals surface area (Å²) in [5, 5.41) is 7.75. The van der Waals surface area contributed by atoms with Crippen LogP contribution in [0.15, 0.2) is 10.7 Å². The predicted molar refractivity (Wildman–Crippen MR) is 55.3 cm³/mol. The Morgan fingerprint density at radius 1 is 1.69 bits per heavy atom. The summed E-state index contributed by atoms with van der Waals surface area (Å²) >= 11 is 3.48. The fraction of sp³-hybridized carbons (Fsp3) is 0.667. The summed E-state index contributed by atoms with van der Waals surface area (Å²) in [4.78, 5) is 0.